The van der Waals surface area contributed by atoms with E-state index in [1.807, 2.05) is 40.7 Å². The average molecular weight is 403 g/mol. The zero-order valence-corrected chi connectivity index (χ0v) is 17.5. The highest BCUT2D eigenvalue weighted by atomic mass is 16.7. The lowest BCUT2D eigenvalue weighted by Gasteiger charge is -2.52. The summed E-state index contributed by atoms with van der Waals surface area (Å²) in [6.45, 7) is 9.62. The van der Waals surface area contributed by atoms with E-state index in [0.717, 1.165) is 5.57 Å². The lowest BCUT2D eigenvalue weighted by atomic mass is 9.78. The number of ether oxygens (including phenoxy) is 2. The quantitative estimate of drug-likeness (QED) is 0.323. The highest BCUT2D eigenvalue weighted by molar-refractivity contribution is 6.25. The van der Waals surface area contributed by atoms with E-state index in [9.17, 15) is 19.5 Å². The van der Waals surface area contributed by atoms with Crippen LogP contribution in [0.1, 0.15) is 41.0 Å². The number of allylic oxidation sites excluding steroid dienone is 3. The fraction of sp³-hybridized carbons (Fsp3) is 0.591. The molecule has 0 spiro atoms. The molecule has 3 rings (SSSR count). The van der Waals surface area contributed by atoms with Crippen LogP contribution in [0.5, 0.6) is 0 Å². The molecule has 3 aliphatic heterocycles. The van der Waals surface area contributed by atoms with Gasteiger partial charge in [0.15, 0.2) is 17.4 Å². The van der Waals surface area contributed by atoms with E-state index < -0.39 is 23.6 Å². The van der Waals surface area contributed by atoms with Crippen LogP contribution in [0.15, 0.2) is 35.1 Å². The monoisotopic (exact) mass is 403 g/mol. The van der Waals surface area contributed by atoms with Gasteiger partial charge in [-0.25, -0.2) is 0 Å². The molecule has 0 aliphatic carbocycles. The Morgan fingerprint density at radius 2 is 1.93 bits per heavy atom. The third kappa shape index (κ3) is 4.07. The second-order valence-electron chi connectivity index (χ2n) is 8.54. The molecule has 2 N–H and O–H groups in total. The molecular weight excluding hydrogens is 374 g/mol. The molecule has 3 heterocycles. The van der Waals surface area contributed by atoms with Crippen LogP contribution < -0.4 is 5.32 Å². The van der Waals surface area contributed by atoms with Crippen molar-refractivity contribution >= 4 is 17.5 Å². The molecule has 0 saturated carbocycles. The average Bonchev–Trinajstić information content (AvgIpc) is 2.98. The van der Waals surface area contributed by atoms with E-state index in [1.54, 1.807) is 6.08 Å². The van der Waals surface area contributed by atoms with Crippen LogP contribution in [0, 0.1) is 17.8 Å². The molecule has 1 amide bonds. The van der Waals surface area contributed by atoms with Crippen LogP contribution in [0.25, 0.3) is 0 Å². The highest BCUT2D eigenvalue weighted by Crippen LogP contribution is 2.44. The number of Topliss-reactive ketones (excluding diaryl/α,β-unsaturated/α-hetero) is 2. The lowest BCUT2D eigenvalue weighted by molar-refractivity contribution is -0.354. The molecule has 3 saturated heterocycles. The van der Waals surface area contributed by atoms with Crippen LogP contribution in [-0.2, 0) is 23.9 Å². The van der Waals surface area contributed by atoms with E-state index in [1.165, 1.54) is 6.08 Å². The predicted octanol–water partition coefficient (Wildman–Crippen LogP) is 2.38. The maximum absolute atomic E-state index is 12.4. The Labute approximate surface area is 170 Å². The number of carbonyl (C=O) groups excluding carboxylic acids is 3. The standard InChI is InChI=1S/C22H29NO6/c1-11(6-7-15(24)18-17(26)10-23-21(18)27)8-12(2)19-14(4)20-16(25)9-13(3)22(5,28-19)29-20/h6-8,12-14,19-20,24H,9-10H2,1-5H3,(H,23,27). The van der Waals surface area contributed by atoms with E-state index in [4.69, 9.17) is 9.47 Å². The maximum Gasteiger partial charge on any atom is 0.259 e. The molecule has 7 nitrogen and oxygen atoms in total. The third-order valence-electron chi connectivity index (χ3n) is 6.17. The lowest BCUT2D eigenvalue weighted by Crippen LogP contribution is -2.62. The summed E-state index contributed by atoms with van der Waals surface area (Å²) in [4.78, 5) is 35.7. The van der Waals surface area contributed by atoms with Gasteiger partial charge in [0.1, 0.15) is 17.4 Å². The first-order valence-electron chi connectivity index (χ1n) is 10.0. The molecule has 6 atom stereocenters. The molecule has 0 aromatic carbocycles. The Kier molecular flexibility index (Phi) is 5.83. The summed E-state index contributed by atoms with van der Waals surface area (Å²) in [5, 5.41) is 12.5. The molecule has 2 bridgehead atoms. The Bertz CT molecular complexity index is 807. The van der Waals surface area contributed by atoms with Gasteiger partial charge in [-0.1, -0.05) is 38.5 Å². The van der Waals surface area contributed by atoms with Gasteiger partial charge in [0.25, 0.3) is 5.91 Å². The fourth-order valence-corrected chi connectivity index (χ4v) is 4.30. The van der Waals surface area contributed by atoms with Crippen molar-refractivity contribution in [1.29, 1.82) is 0 Å². The number of amides is 1. The van der Waals surface area contributed by atoms with Crippen molar-refractivity contribution in [2.45, 2.75) is 59.0 Å². The Morgan fingerprint density at radius 1 is 1.24 bits per heavy atom. The summed E-state index contributed by atoms with van der Waals surface area (Å²) >= 11 is 0. The SMILES string of the molecule is CC(C=CC(O)=C1C(=O)CNC1=O)=CC(C)C1OC2(C)OC(C(=O)CC2C)C1C. The largest absolute Gasteiger partial charge is 0.507 e. The van der Waals surface area contributed by atoms with Gasteiger partial charge in [-0.05, 0) is 19.9 Å². The fourth-order valence-electron chi connectivity index (χ4n) is 4.30. The van der Waals surface area contributed by atoms with Crippen LogP contribution >= 0.6 is 0 Å². The zero-order valence-electron chi connectivity index (χ0n) is 17.5. The number of rotatable bonds is 4. The van der Waals surface area contributed by atoms with Crippen molar-refractivity contribution in [2.75, 3.05) is 6.54 Å². The number of ketones is 2. The normalized spacial score (nSPS) is 38.4. The van der Waals surface area contributed by atoms with E-state index >= 15 is 0 Å². The molecule has 0 aromatic rings. The summed E-state index contributed by atoms with van der Waals surface area (Å²) in [6.07, 6.45) is 4.81. The maximum atomic E-state index is 12.4. The topological polar surface area (TPSA) is 102 Å². The van der Waals surface area contributed by atoms with Gasteiger partial charge in [-0.15, -0.1) is 0 Å². The molecule has 3 fully saturated rings. The van der Waals surface area contributed by atoms with Crippen molar-refractivity contribution in [1.82, 2.24) is 5.32 Å². The first kappa shape index (κ1) is 21.5. The first-order valence-corrected chi connectivity index (χ1v) is 10.0. The van der Waals surface area contributed by atoms with Gasteiger partial charge in [-0.2, -0.15) is 0 Å². The summed E-state index contributed by atoms with van der Waals surface area (Å²) in [6, 6.07) is 0. The summed E-state index contributed by atoms with van der Waals surface area (Å²) in [7, 11) is 0. The zero-order chi connectivity index (χ0) is 21.5. The predicted molar refractivity (Wildman–Crippen MR) is 106 cm³/mol. The Hall–Kier alpha value is -2.25. The number of aliphatic hydroxyl groups is 1. The van der Waals surface area contributed by atoms with E-state index in [2.05, 4.69) is 5.32 Å². The van der Waals surface area contributed by atoms with E-state index in [0.29, 0.717) is 6.42 Å². The van der Waals surface area contributed by atoms with Crippen molar-refractivity contribution < 1.29 is 29.0 Å². The number of fused-ring (bicyclic) bond motifs is 2. The van der Waals surface area contributed by atoms with Crippen molar-refractivity contribution in [3.63, 3.8) is 0 Å². The van der Waals surface area contributed by atoms with Crippen molar-refractivity contribution in [2.24, 2.45) is 17.8 Å². The van der Waals surface area contributed by atoms with Crippen LogP contribution in [0.4, 0.5) is 0 Å². The third-order valence-corrected chi connectivity index (χ3v) is 6.17. The molecular formula is C22H29NO6. The molecule has 158 valence electrons. The van der Waals surface area contributed by atoms with Gasteiger partial charge >= 0.3 is 0 Å². The van der Waals surface area contributed by atoms with Gasteiger partial charge in [-0.3, -0.25) is 14.4 Å². The van der Waals surface area contributed by atoms with Crippen LogP contribution in [-0.4, -0.2) is 47.1 Å². The summed E-state index contributed by atoms with van der Waals surface area (Å²) in [5.41, 5.74) is 0.629. The van der Waals surface area contributed by atoms with Gasteiger partial charge in [0.05, 0.1) is 12.6 Å². The first-order chi connectivity index (χ1) is 13.5. The van der Waals surface area contributed by atoms with Crippen molar-refractivity contribution in [3.8, 4) is 0 Å². The second-order valence-corrected chi connectivity index (χ2v) is 8.54. The molecule has 0 aromatic heterocycles. The number of carbonyl (C=O) groups is 3. The van der Waals surface area contributed by atoms with Gasteiger partial charge in [0.2, 0.25) is 0 Å². The smallest absolute Gasteiger partial charge is 0.259 e. The highest BCUT2D eigenvalue weighted by Gasteiger charge is 2.53. The van der Waals surface area contributed by atoms with Gasteiger partial charge < -0.3 is 19.9 Å². The van der Waals surface area contributed by atoms with Gasteiger partial charge in [0, 0.05) is 24.2 Å². The number of hydrogen-bond donors (Lipinski definition) is 2. The number of hydrogen-bond acceptors (Lipinski definition) is 6. The Balaban J connectivity index is 1.76. The molecule has 6 unspecified atom stereocenters. The Morgan fingerprint density at radius 3 is 2.55 bits per heavy atom. The van der Waals surface area contributed by atoms with E-state index in [-0.39, 0.29) is 47.5 Å². The molecule has 0 radical (unpaired) electrons. The van der Waals surface area contributed by atoms with Crippen LogP contribution in [0.2, 0.25) is 0 Å². The number of nitrogens with one attached hydrogen (secondary N) is 1. The minimum absolute atomic E-state index is 0.00955. The second kappa shape index (κ2) is 7.88. The molecule has 29 heavy (non-hydrogen) atoms. The van der Waals surface area contributed by atoms with Crippen molar-refractivity contribution in [3.05, 3.63) is 35.1 Å². The summed E-state index contributed by atoms with van der Waals surface area (Å²) < 4.78 is 12.3. The summed E-state index contributed by atoms with van der Waals surface area (Å²) in [5.74, 6) is -2.09. The minimum Gasteiger partial charge on any atom is -0.507 e. The van der Waals surface area contributed by atoms with Crippen LogP contribution in [0.3, 0.4) is 0 Å². The molecule has 3 aliphatic rings. The molecule has 7 heteroatoms. The minimum atomic E-state index is -0.777. The number of aliphatic hydroxyl groups excluding tert-OH is 1.